The number of hydrogen-bond donors (Lipinski definition) is 2. The highest BCUT2D eigenvalue weighted by atomic mass is 16.5. The molecule has 1 aromatic carbocycles. The van der Waals surface area contributed by atoms with E-state index in [1.54, 1.807) is 6.92 Å². The van der Waals surface area contributed by atoms with Crippen LogP contribution in [-0.2, 0) is 22.4 Å². The summed E-state index contributed by atoms with van der Waals surface area (Å²) in [6.07, 6.45) is 7.41. The van der Waals surface area contributed by atoms with Crippen molar-refractivity contribution < 1.29 is 9.53 Å². The van der Waals surface area contributed by atoms with Gasteiger partial charge in [-0.25, -0.2) is 4.98 Å². The summed E-state index contributed by atoms with van der Waals surface area (Å²) in [6, 6.07) is 13.9. The van der Waals surface area contributed by atoms with E-state index in [0.29, 0.717) is 24.3 Å². The standard InChI is InChI=1S/C29H40N4O2/c1-21(34)17-28(23-5-2-8-27(20-23)33-13-15-35-16-14-33)24-18-26(19-24)30-11-4-7-25-10-9-22-6-3-12-31-29(22)32-25/h2,5,8-10,20,24,26,28,30H,3-4,6-7,11-19H2,1H3,(H,31,32). The molecule has 3 aliphatic rings. The molecule has 1 aromatic heterocycles. The predicted molar refractivity (Wildman–Crippen MR) is 141 cm³/mol. The molecule has 5 rings (SSSR count). The Morgan fingerprint density at radius 2 is 2.09 bits per heavy atom. The zero-order valence-corrected chi connectivity index (χ0v) is 21.1. The first-order valence-electron chi connectivity index (χ1n) is 13.5. The Morgan fingerprint density at radius 1 is 1.23 bits per heavy atom. The maximum Gasteiger partial charge on any atom is 0.130 e. The van der Waals surface area contributed by atoms with Gasteiger partial charge >= 0.3 is 0 Å². The van der Waals surface area contributed by atoms with Crippen molar-refractivity contribution in [3.63, 3.8) is 0 Å². The molecule has 2 aromatic rings. The van der Waals surface area contributed by atoms with E-state index < -0.39 is 0 Å². The van der Waals surface area contributed by atoms with Crippen molar-refractivity contribution in [2.24, 2.45) is 5.92 Å². The van der Waals surface area contributed by atoms with Gasteiger partial charge in [0.15, 0.2) is 0 Å². The van der Waals surface area contributed by atoms with Gasteiger partial charge in [0.1, 0.15) is 11.6 Å². The number of carbonyl (C=O) groups is 1. The molecule has 0 amide bonds. The lowest BCUT2D eigenvalue weighted by molar-refractivity contribution is -0.117. The molecule has 0 radical (unpaired) electrons. The molecule has 3 heterocycles. The zero-order chi connectivity index (χ0) is 24.0. The summed E-state index contributed by atoms with van der Waals surface area (Å²) in [5, 5.41) is 7.19. The summed E-state index contributed by atoms with van der Waals surface area (Å²) >= 11 is 0. The number of morpholine rings is 1. The number of fused-ring (bicyclic) bond motifs is 1. The van der Waals surface area contributed by atoms with Crippen LogP contribution in [-0.4, -0.2) is 56.2 Å². The maximum atomic E-state index is 12.1. The van der Waals surface area contributed by atoms with E-state index in [2.05, 4.69) is 51.9 Å². The Balaban J connectivity index is 1.10. The maximum absolute atomic E-state index is 12.1. The van der Waals surface area contributed by atoms with Crippen molar-refractivity contribution in [2.45, 2.75) is 63.8 Å². The molecule has 0 spiro atoms. The van der Waals surface area contributed by atoms with Gasteiger partial charge in [0.05, 0.1) is 13.2 Å². The first-order valence-corrected chi connectivity index (χ1v) is 13.5. The number of anilines is 2. The van der Waals surface area contributed by atoms with Gasteiger partial charge < -0.3 is 25.1 Å². The minimum Gasteiger partial charge on any atom is -0.378 e. The topological polar surface area (TPSA) is 66.5 Å². The van der Waals surface area contributed by atoms with Crippen molar-refractivity contribution in [2.75, 3.05) is 49.6 Å². The first-order chi connectivity index (χ1) is 17.2. The van der Waals surface area contributed by atoms with Gasteiger partial charge in [-0.2, -0.15) is 0 Å². The molecule has 35 heavy (non-hydrogen) atoms. The fourth-order valence-corrected chi connectivity index (χ4v) is 5.88. The number of ether oxygens (including phenoxy) is 1. The highest BCUT2D eigenvalue weighted by molar-refractivity contribution is 5.76. The van der Waals surface area contributed by atoms with E-state index in [1.165, 1.54) is 28.9 Å². The lowest BCUT2D eigenvalue weighted by atomic mass is 9.68. The summed E-state index contributed by atoms with van der Waals surface area (Å²) in [5.74, 6) is 2.27. The highest BCUT2D eigenvalue weighted by Gasteiger charge is 2.36. The number of pyridine rings is 1. The normalized spacial score (nSPS) is 22.6. The number of hydrogen-bond acceptors (Lipinski definition) is 6. The Morgan fingerprint density at radius 3 is 2.91 bits per heavy atom. The summed E-state index contributed by atoms with van der Waals surface area (Å²) in [5.41, 5.74) is 5.13. The predicted octanol–water partition coefficient (Wildman–Crippen LogP) is 4.34. The third-order valence-corrected chi connectivity index (χ3v) is 7.92. The van der Waals surface area contributed by atoms with Gasteiger partial charge in [-0.05, 0) is 93.2 Å². The van der Waals surface area contributed by atoms with Gasteiger partial charge in [-0.15, -0.1) is 0 Å². The van der Waals surface area contributed by atoms with Crippen LogP contribution < -0.4 is 15.5 Å². The fourth-order valence-electron chi connectivity index (χ4n) is 5.88. The summed E-state index contributed by atoms with van der Waals surface area (Å²) in [6.45, 7) is 7.25. The molecule has 1 unspecified atom stereocenters. The molecule has 2 aliphatic heterocycles. The van der Waals surface area contributed by atoms with E-state index in [4.69, 9.17) is 9.72 Å². The third kappa shape index (κ3) is 6.22. The molecule has 2 fully saturated rings. The van der Waals surface area contributed by atoms with Gasteiger partial charge in [-0.1, -0.05) is 18.2 Å². The smallest absolute Gasteiger partial charge is 0.130 e. The van der Waals surface area contributed by atoms with Crippen LogP contribution in [0.2, 0.25) is 0 Å². The summed E-state index contributed by atoms with van der Waals surface area (Å²) < 4.78 is 5.52. The van der Waals surface area contributed by atoms with E-state index in [1.807, 2.05) is 0 Å². The second-order valence-corrected chi connectivity index (χ2v) is 10.5. The van der Waals surface area contributed by atoms with Crippen LogP contribution in [0, 0.1) is 5.92 Å². The Labute approximate surface area is 209 Å². The number of Topliss-reactive ketones (excluding diaryl/α,β-unsaturated/α-hetero) is 1. The molecule has 1 saturated heterocycles. The van der Waals surface area contributed by atoms with E-state index >= 15 is 0 Å². The molecule has 2 N–H and O–H groups in total. The number of aryl methyl sites for hydroxylation is 2. The van der Waals surface area contributed by atoms with Gasteiger partial charge in [-0.3, -0.25) is 0 Å². The second-order valence-electron chi connectivity index (χ2n) is 10.5. The SMILES string of the molecule is CC(=O)CC(c1cccc(N2CCOCC2)c1)C1CC(NCCCc2ccc3c(n2)NCCC3)C1. The van der Waals surface area contributed by atoms with Crippen LogP contribution in [0.3, 0.4) is 0 Å². The number of rotatable bonds is 10. The molecular formula is C29H40N4O2. The minimum absolute atomic E-state index is 0.287. The largest absolute Gasteiger partial charge is 0.378 e. The number of carbonyl (C=O) groups excluding carboxylic acids is 1. The van der Waals surface area contributed by atoms with Crippen LogP contribution in [0.1, 0.15) is 61.8 Å². The second kappa shape index (κ2) is 11.5. The summed E-state index contributed by atoms with van der Waals surface area (Å²) in [4.78, 5) is 19.3. The molecule has 1 atom stereocenters. The van der Waals surface area contributed by atoms with Crippen molar-refractivity contribution in [1.82, 2.24) is 10.3 Å². The minimum atomic E-state index is 0.287. The van der Waals surface area contributed by atoms with Crippen LogP contribution in [0.25, 0.3) is 0 Å². The van der Waals surface area contributed by atoms with Gasteiger partial charge in [0, 0.05) is 43.5 Å². The number of benzene rings is 1. The average molecular weight is 477 g/mol. The monoisotopic (exact) mass is 476 g/mol. The summed E-state index contributed by atoms with van der Waals surface area (Å²) in [7, 11) is 0. The van der Waals surface area contributed by atoms with Crippen molar-refractivity contribution >= 4 is 17.3 Å². The van der Waals surface area contributed by atoms with Crippen molar-refractivity contribution in [1.29, 1.82) is 0 Å². The van der Waals surface area contributed by atoms with Crippen LogP contribution >= 0.6 is 0 Å². The first kappa shape index (κ1) is 24.3. The molecule has 6 nitrogen and oxygen atoms in total. The zero-order valence-electron chi connectivity index (χ0n) is 21.1. The quantitative estimate of drug-likeness (QED) is 0.498. The average Bonchev–Trinajstić information content (AvgIpc) is 2.87. The number of nitrogens with one attached hydrogen (secondary N) is 2. The van der Waals surface area contributed by atoms with Crippen LogP contribution in [0.5, 0.6) is 0 Å². The van der Waals surface area contributed by atoms with E-state index in [9.17, 15) is 4.79 Å². The van der Waals surface area contributed by atoms with Crippen molar-refractivity contribution in [3.05, 3.63) is 53.2 Å². The molecule has 6 heteroatoms. The van der Waals surface area contributed by atoms with E-state index in [-0.39, 0.29) is 5.78 Å². The van der Waals surface area contributed by atoms with Crippen LogP contribution in [0.15, 0.2) is 36.4 Å². The fraction of sp³-hybridized carbons (Fsp3) is 0.586. The molecule has 0 bridgehead atoms. The Kier molecular flexibility index (Phi) is 7.99. The number of nitrogens with zero attached hydrogens (tertiary/aromatic N) is 2. The van der Waals surface area contributed by atoms with Gasteiger partial charge in [0.2, 0.25) is 0 Å². The Hall–Kier alpha value is -2.44. The Bertz CT molecular complexity index is 998. The van der Waals surface area contributed by atoms with E-state index in [0.717, 1.165) is 77.3 Å². The van der Waals surface area contributed by atoms with Crippen molar-refractivity contribution in [3.8, 4) is 0 Å². The lowest BCUT2D eigenvalue weighted by Gasteiger charge is -2.41. The van der Waals surface area contributed by atoms with Crippen LogP contribution in [0.4, 0.5) is 11.5 Å². The number of ketones is 1. The molecule has 1 aliphatic carbocycles. The highest BCUT2D eigenvalue weighted by Crippen LogP contribution is 2.42. The van der Waals surface area contributed by atoms with Gasteiger partial charge in [0.25, 0.3) is 0 Å². The molecule has 1 saturated carbocycles. The molecular weight excluding hydrogens is 436 g/mol. The molecule has 188 valence electrons. The number of aromatic nitrogens is 1. The lowest BCUT2D eigenvalue weighted by Crippen LogP contribution is -2.44. The third-order valence-electron chi connectivity index (χ3n) is 7.92.